The van der Waals surface area contributed by atoms with Gasteiger partial charge in [-0.3, -0.25) is 0 Å². The van der Waals surface area contributed by atoms with E-state index in [1.165, 1.54) is 23.2 Å². The van der Waals surface area contributed by atoms with Gasteiger partial charge >= 0.3 is 0 Å². The van der Waals surface area contributed by atoms with Gasteiger partial charge < -0.3 is 5.32 Å². The summed E-state index contributed by atoms with van der Waals surface area (Å²) in [6.45, 7) is 0. The smallest absolute Gasteiger partial charge is 0.0553 e. The van der Waals surface area contributed by atoms with Crippen LogP contribution in [0.15, 0.2) is 66.7 Å². The number of benzene rings is 2. The molecule has 0 saturated heterocycles. The van der Waals surface area contributed by atoms with Gasteiger partial charge in [0, 0.05) is 11.6 Å². The first-order valence-electron chi connectivity index (χ1n) is 7.00. The maximum Gasteiger partial charge on any atom is 0.0553 e. The summed E-state index contributed by atoms with van der Waals surface area (Å²) in [5.74, 6) is 1.22. The molecule has 0 aromatic heterocycles. The minimum Gasteiger partial charge on any atom is -0.378 e. The summed E-state index contributed by atoms with van der Waals surface area (Å²) < 4.78 is 0. The van der Waals surface area contributed by atoms with Crippen molar-refractivity contribution in [1.29, 1.82) is 0 Å². The number of allylic oxidation sites excluding steroid dienone is 2. The lowest BCUT2D eigenvalue weighted by molar-refractivity contribution is 0.425. The van der Waals surface area contributed by atoms with Gasteiger partial charge in [-0.15, -0.1) is 0 Å². The van der Waals surface area contributed by atoms with Crippen molar-refractivity contribution < 1.29 is 0 Å². The van der Waals surface area contributed by atoms with Crippen molar-refractivity contribution in [3.8, 4) is 0 Å². The van der Waals surface area contributed by atoms with E-state index < -0.39 is 0 Å². The first-order chi connectivity index (χ1) is 9.43. The summed E-state index contributed by atoms with van der Waals surface area (Å²) in [6.07, 6.45) is 5.90. The molecule has 1 heterocycles. The number of nitrogens with one attached hydrogen (secondary N) is 1. The van der Waals surface area contributed by atoms with Crippen LogP contribution in [0, 0.1) is 5.92 Å². The Morgan fingerprint density at radius 3 is 2.58 bits per heavy atom. The molecule has 1 N–H and O–H groups in total. The van der Waals surface area contributed by atoms with Gasteiger partial charge in [0.05, 0.1) is 6.04 Å². The Balaban J connectivity index is 1.80. The highest BCUT2D eigenvalue weighted by Gasteiger charge is 2.37. The van der Waals surface area contributed by atoms with Crippen molar-refractivity contribution in [2.45, 2.75) is 18.4 Å². The third-order valence-corrected chi connectivity index (χ3v) is 4.43. The zero-order chi connectivity index (χ0) is 12.7. The fourth-order valence-electron chi connectivity index (χ4n) is 3.53. The molecule has 0 spiro atoms. The molecule has 1 aliphatic heterocycles. The molecule has 1 heteroatoms. The van der Waals surface area contributed by atoms with Crippen molar-refractivity contribution in [2.24, 2.45) is 5.92 Å². The Bertz CT molecular complexity index is 615. The van der Waals surface area contributed by atoms with E-state index in [4.69, 9.17) is 0 Å². The van der Waals surface area contributed by atoms with Gasteiger partial charge in [0.25, 0.3) is 0 Å². The summed E-state index contributed by atoms with van der Waals surface area (Å²) >= 11 is 0. The molecule has 4 rings (SSSR count). The number of fused-ring (bicyclic) bond motifs is 3. The monoisotopic (exact) mass is 247 g/mol. The van der Waals surface area contributed by atoms with Crippen molar-refractivity contribution in [3.63, 3.8) is 0 Å². The summed E-state index contributed by atoms with van der Waals surface area (Å²) in [5.41, 5.74) is 4.15. The highest BCUT2D eigenvalue weighted by atomic mass is 15.0. The van der Waals surface area contributed by atoms with Crippen molar-refractivity contribution >= 4 is 5.69 Å². The van der Waals surface area contributed by atoms with Crippen LogP contribution in [-0.4, -0.2) is 0 Å². The first-order valence-corrected chi connectivity index (χ1v) is 7.00. The van der Waals surface area contributed by atoms with Crippen LogP contribution >= 0.6 is 0 Å². The highest BCUT2D eigenvalue weighted by Crippen LogP contribution is 2.49. The third kappa shape index (κ3) is 1.69. The van der Waals surface area contributed by atoms with Crippen LogP contribution in [0.3, 0.4) is 0 Å². The molecular weight excluding hydrogens is 230 g/mol. The average Bonchev–Trinajstić information content (AvgIpc) is 2.97. The van der Waals surface area contributed by atoms with E-state index in [2.05, 4.69) is 72.1 Å². The van der Waals surface area contributed by atoms with E-state index >= 15 is 0 Å². The predicted octanol–water partition coefficient (Wildman–Crippen LogP) is 4.51. The van der Waals surface area contributed by atoms with E-state index in [-0.39, 0.29) is 0 Å². The molecule has 0 amide bonds. The van der Waals surface area contributed by atoms with Gasteiger partial charge in [0.1, 0.15) is 0 Å². The number of para-hydroxylation sites is 1. The molecule has 1 nitrogen and oxygen atoms in total. The maximum atomic E-state index is 3.74. The Labute approximate surface area is 114 Å². The van der Waals surface area contributed by atoms with E-state index in [9.17, 15) is 0 Å². The summed E-state index contributed by atoms with van der Waals surface area (Å²) in [4.78, 5) is 0. The van der Waals surface area contributed by atoms with Crippen molar-refractivity contribution in [2.75, 3.05) is 5.32 Å². The Morgan fingerprint density at radius 1 is 0.895 bits per heavy atom. The van der Waals surface area contributed by atoms with Crippen LogP contribution in [0.4, 0.5) is 5.69 Å². The van der Waals surface area contributed by atoms with Crippen molar-refractivity contribution in [1.82, 2.24) is 0 Å². The van der Waals surface area contributed by atoms with Crippen molar-refractivity contribution in [3.05, 3.63) is 77.9 Å². The lowest BCUT2D eigenvalue weighted by Crippen LogP contribution is -2.28. The molecule has 0 fully saturated rings. The second kappa shape index (κ2) is 4.27. The Kier molecular flexibility index (Phi) is 2.44. The summed E-state index contributed by atoms with van der Waals surface area (Å²) in [6, 6.07) is 20.0. The van der Waals surface area contributed by atoms with E-state index in [1.54, 1.807) is 0 Å². The zero-order valence-electron chi connectivity index (χ0n) is 10.8. The highest BCUT2D eigenvalue weighted by molar-refractivity contribution is 5.59. The molecular formula is C18H17N. The first kappa shape index (κ1) is 10.9. The topological polar surface area (TPSA) is 12.0 Å². The van der Waals surface area contributed by atoms with Crippen LogP contribution in [-0.2, 0) is 0 Å². The van der Waals surface area contributed by atoms with Gasteiger partial charge in [-0.05, 0) is 29.5 Å². The lowest BCUT2D eigenvalue weighted by atomic mass is 9.77. The fourth-order valence-corrected chi connectivity index (χ4v) is 3.53. The summed E-state index contributed by atoms with van der Waals surface area (Å²) in [7, 11) is 0. The van der Waals surface area contributed by atoms with Crippen LogP contribution in [0.1, 0.15) is 29.5 Å². The van der Waals surface area contributed by atoms with Gasteiger partial charge in [0.2, 0.25) is 0 Å². The summed E-state index contributed by atoms with van der Waals surface area (Å²) in [5, 5.41) is 3.74. The second-order valence-electron chi connectivity index (χ2n) is 5.47. The molecule has 0 saturated carbocycles. The van der Waals surface area contributed by atoms with Crippen LogP contribution in [0.2, 0.25) is 0 Å². The number of anilines is 1. The maximum absolute atomic E-state index is 3.74. The molecule has 3 atom stereocenters. The number of rotatable bonds is 1. The SMILES string of the molecule is C1=CC2c3ccccc3NC(c3ccccc3)C2C1. The number of hydrogen-bond acceptors (Lipinski definition) is 1. The average molecular weight is 247 g/mol. The lowest BCUT2D eigenvalue weighted by Gasteiger charge is -2.37. The van der Waals surface area contributed by atoms with Gasteiger partial charge in [-0.2, -0.15) is 0 Å². The van der Waals surface area contributed by atoms with Gasteiger partial charge in [-0.25, -0.2) is 0 Å². The predicted molar refractivity (Wildman–Crippen MR) is 79.2 cm³/mol. The minimum atomic E-state index is 0.427. The second-order valence-corrected chi connectivity index (χ2v) is 5.47. The molecule has 2 aromatic rings. The van der Waals surface area contributed by atoms with E-state index in [0.717, 1.165) is 0 Å². The van der Waals surface area contributed by atoms with Gasteiger partial charge in [0.15, 0.2) is 0 Å². The molecule has 3 unspecified atom stereocenters. The van der Waals surface area contributed by atoms with E-state index in [0.29, 0.717) is 17.9 Å². The zero-order valence-corrected chi connectivity index (χ0v) is 10.8. The Hall–Kier alpha value is -2.02. The van der Waals surface area contributed by atoms with Crippen LogP contribution < -0.4 is 5.32 Å². The Morgan fingerprint density at radius 2 is 1.68 bits per heavy atom. The molecule has 2 aliphatic rings. The minimum absolute atomic E-state index is 0.427. The largest absolute Gasteiger partial charge is 0.378 e. The standard InChI is InChI=1S/C18H17N/c1-2-7-13(8-3-1)18-16-11-6-10-14(16)15-9-4-5-12-17(15)19-18/h1-10,12,14,16,18-19H,11H2. The van der Waals surface area contributed by atoms with E-state index in [1.807, 2.05) is 0 Å². The number of hydrogen-bond donors (Lipinski definition) is 1. The van der Waals surface area contributed by atoms with Crippen LogP contribution in [0.5, 0.6) is 0 Å². The normalized spacial score (nSPS) is 27.5. The quantitative estimate of drug-likeness (QED) is 0.731. The molecule has 1 aliphatic carbocycles. The molecule has 2 aromatic carbocycles. The van der Waals surface area contributed by atoms with Crippen LogP contribution in [0.25, 0.3) is 0 Å². The molecule has 94 valence electrons. The molecule has 0 bridgehead atoms. The fraction of sp³-hybridized carbons (Fsp3) is 0.222. The van der Waals surface area contributed by atoms with Gasteiger partial charge in [-0.1, -0.05) is 60.7 Å². The molecule has 0 radical (unpaired) electrons. The molecule has 19 heavy (non-hydrogen) atoms. The third-order valence-electron chi connectivity index (χ3n) is 4.43.